The minimum Gasteiger partial charge on any atom is -0.506 e. The molecule has 1 aliphatic carbocycles. The average molecular weight is 315 g/mol. The van der Waals surface area contributed by atoms with Crippen LogP contribution in [0.2, 0.25) is 0 Å². The van der Waals surface area contributed by atoms with E-state index in [0.717, 1.165) is 31.4 Å². The number of carbonyl (C=O) groups excluding carboxylic acids is 2. The number of nitrogens with one attached hydrogen (secondary N) is 3. The molecule has 1 fully saturated rings. The van der Waals surface area contributed by atoms with E-state index in [1.165, 1.54) is 18.6 Å². The van der Waals surface area contributed by atoms with Crippen molar-refractivity contribution in [1.82, 2.24) is 5.32 Å². The van der Waals surface area contributed by atoms with Crippen LogP contribution in [0.5, 0.6) is 5.75 Å². The van der Waals surface area contributed by atoms with Crippen LogP contribution in [-0.2, 0) is 9.59 Å². The Morgan fingerprint density at radius 3 is 2.70 bits per heavy atom. The van der Waals surface area contributed by atoms with Crippen molar-refractivity contribution in [1.29, 1.82) is 0 Å². The first kappa shape index (κ1) is 15.4. The second-order valence-electron chi connectivity index (χ2n) is 6.07. The number of hydrogen-bond donors (Lipinski definition) is 4. The number of rotatable bonds is 4. The predicted molar refractivity (Wildman–Crippen MR) is 88.0 cm³/mol. The Balaban J connectivity index is 1.68. The molecule has 0 atom stereocenters. The van der Waals surface area contributed by atoms with Gasteiger partial charge in [-0.15, -0.1) is 0 Å². The van der Waals surface area contributed by atoms with Crippen LogP contribution in [-0.4, -0.2) is 23.5 Å². The molecule has 0 spiro atoms. The number of anilines is 2. The van der Waals surface area contributed by atoms with Gasteiger partial charge in [-0.3, -0.25) is 9.59 Å². The molecule has 1 aromatic carbocycles. The Kier molecular flexibility index (Phi) is 4.50. The summed E-state index contributed by atoms with van der Waals surface area (Å²) in [7, 11) is 0. The minimum absolute atomic E-state index is 0.0270. The summed E-state index contributed by atoms with van der Waals surface area (Å²) in [6, 6.07) is 4.92. The lowest BCUT2D eigenvalue weighted by molar-refractivity contribution is -0.120. The number of phenols is 1. The van der Waals surface area contributed by atoms with Crippen LogP contribution in [0.15, 0.2) is 30.0 Å². The third-order valence-electron chi connectivity index (χ3n) is 4.29. The Labute approximate surface area is 135 Å². The first-order valence-electron chi connectivity index (χ1n) is 8.01. The molecule has 3 rings (SSSR count). The highest BCUT2D eigenvalue weighted by atomic mass is 16.3. The fraction of sp³-hybridized carbons (Fsp3) is 0.412. The van der Waals surface area contributed by atoms with E-state index in [1.807, 2.05) is 0 Å². The lowest BCUT2D eigenvalue weighted by Crippen LogP contribution is -2.24. The third kappa shape index (κ3) is 3.83. The van der Waals surface area contributed by atoms with Crippen molar-refractivity contribution in [3.05, 3.63) is 30.0 Å². The summed E-state index contributed by atoms with van der Waals surface area (Å²) in [6.45, 7) is 0.448. The molecule has 1 aliphatic heterocycles. The molecule has 0 bridgehead atoms. The highest BCUT2D eigenvalue weighted by Gasteiger charge is 2.22. The van der Waals surface area contributed by atoms with Crippen molar-refractivity contribution in [3.63, 3.8) is 0 Å². The van der Waals surface area contributed by atoms with E-state index < -0.39 is 0 Å². The van der Waals surface area contributed by atoms with Gasteiger partial charge in [-0.05, 0) is 31.0 Å². The van der Waals surface area contributed by atoms with Gasteiger partial charge in [0.2, 0.25) is 11.8 Å². The molecule has 6 nitrogen and oxygen atoms in total. The average Bonchev–Trinajstić information content (AvgIpc) is 2.96. The van der Waals surface area contributed by atoms with Gasteiger partial charge < -0.3 is 21.1 Å². The minimum atomic E-state index is -0.128. The number of benzene rings is 1. The highest BCUT2D eigenvalue weighted by molar-refractivity contribution is 5.95. The summed E-state index contributed by atoms with van der Waals surface area (Å²) in [5, 5.41) is 18.6. The number of hydrogen-bond acceptors (Lipinski definition) is 4. The fourth-order valence-corrected chi connectivity index (χ4v) is 3.02. The normalized spacial score (nSPS) is 18.3. The predicted octanol–water partition coefficient (Wildman–Crippen LogP) is 2.34. The van der Waals surface area contributed by atoms with Crippen LogP contribution in [0, 0.1) is 5.92 Å². The van der Waals surface area contributed by atoms with E-state index >= 15 is 0 Å². The summed E-state index contributed by atoms with van der Waals surface area (Å²) < 4.78 is 0. The van der Waals surface area contributed by atoms with Crippen molar-refractivity contribution in [3.8, 4) is 5.75 Å². The topological polar surface area (TPSA) is 90.5 Å². The molecule has 0 unspecified atom stereocenters. The Bertz CT molecular complexity index is 648. The van der Waals surface area contributed by atoms with Crippen molar-refractivity contribution in [2.75, 3.05) is 17.2 Å². The molecule has 6 heteroatoms. The lowest BCUT2D eigenvalue weighted by Gasteiger charge is -2.21. The number of aromatic hydroxyl groups is 1. The molecule has 2 amide bonds. The van der Waals surface area contributed by atoms with E-state index in [4.69, 9.17) is 0 Å². The third-order valence-corrected chi connectivity index (χ3v) is 4.29. The summed E-state index contributed by atoms with van der Waals surface area (Å²) >= 11 is 0. The van der Waals surface area contributed by atoms with E-state index in [1.54, 1.807) is 12.1 Å². The molecule has 0 aromatic heterocycles. The van der Waals surface area contributed by atoms with Crippen LogP contribution < -0.4 is 16.0 Å². The highest BCUT2D eigenvalue weighted by Crippen LogP contribution is 2.30. The van der Waals surface area contributed by atoms with Crippen molar-refractivity contribution in [2.45, 2.75) is 32.1 Å². The molecular formula is C17H21N3O3. The van der Waals surface area contributed by atoms with Crippen LogP contribution in [0.4, 0.5) is 11.4 Å². The second-order valence-corrected chi connectivity index (χ2v) is 6.07. The first-order valence-corrected chi connectivity index (χ1v) is 8.01. The zero-order valence-electron chi connectivity index (χ0n) is 12.9. The van der Waals surface area contributed by atoms with Gasteiger partial charge in [-0.1, -0.05) is 19.3 Å². The molecule has 122 valence electrons. The maximum absolute atomic E-state index is 12.3. The molecule has 0 radical (unpaired) electrons. The quantitative estimate of drug-likeness (QED) is 0.507. The Morgan fingerprint density at radius 2 is 2.00 bits per heavy atom. The molecule has 23 heavy (non-hydrogen) atoms. The molecule has 0 saturated heterocycles. The van der Waals surface area contributed by atoms with Gasteiger partial charge in [0.15, 0.2) is 0 Å². The van der Waals surface area contributed by atoms with Gasteiger partial charge in [0.1, 0.15) is 5.75 Å². The van der Waals surface area contributed by atoms with E-state index in [-0.39, 0.29) is 23.5 Å². The molecule has 2 aliphatic rings. The molecule has 1 heterocycles. The zero-order chi connectivity index (χ0) is 16.2. The molecular weight excluding hydrogens is 294 g/mol. The van der Waals surface area contributed by atoms with Gasteiger partial charge in [0.25, 0.3) is 0 Å². The maximum Gasteiger partial charge on any atom is 0.246 e. The smallest absolute Gasteiger partial charge is 0.246 e. The fourth-order valence-electron chi connectivity index (χ4n) is 3.02. The molecule has 1 saturated carbocycles. The van der Waals surface area contributed by atoms with Crippen LogP contribution in [0.1, 0.15) is 32.1 Å². The lowest BCUT2D eigenvalue weighted by atomic mass is 9.88. The number of amides is 2. The van der Waals surface area contributed by atoms with Gasteiger partial charge in [-0.2, -0.15) is 0 Å². The Hall–Kier alpha value is -2.50. The van der Waals surface area contributed by atoms with Gasteiger partial charge >= 0.3 is 0 Å². The number of carbonyl (C=O) groups is 2. The first-order chi connectivity index (χ1) is 11.1. The standard InChI is InChI=1S/C17H21N3O3/c21-15-7-6-12(19-13-9-16(22)18-10-13)8-14(15)20-17(23)11-4-2-1-3-5-11/h6-9,11,19,21H,1-5,10H2,(H,18,22)(H,20,23). The summed E-state index contributed by atoms with van der Waals surface area (Å²) in [5.41, 5.74) is 1.86. The van der Waals surface area contributed by atoms with E-state index in [2.05, 4.69) is 16.0 Å². The van der Waals surface area contributed by atoms with E-state index in [9.17, 15) is 14.7 Å². The summed E-state index contributed by atoms with van der Waals surface area (Å²) in [5.74, 6) is -0.0976. The van der Waals surface area contributed by atoms with Gasteiger partial charge in [0.05, 0.1) is 12.2 Å². The van der Waals surface area contributed by atoms with Crippen LogP contribution >= 0.6 is 0 Å². The van der Waals surface area contributed by atoms with Gasteiger partial charge in [0, 0.05) is 23.4 Å². The van der Waals surface area contributed by atoms with Crippen molar-refractivity contribution in [2.24, 2.45) is 5.92 Å². The van der Waals surface area contributed by atoms with Gasteiger partial charge in [-0.25, -0.2) is 0 Å². The molecule has 1 aromatic rings. The summed E-state index contributed by atoms with van der Waals surface area (Å²) in [4.78, 5) is 23.5. The maximum atomic E-state index is 12.3. The Morgan fingerprint density at radius 1 is 1.22 bits per heavy atom. The SMILES string of the molecule is O=C1C=C(Nc2ccc(O)c(NC(=O)C3CCCCC3)c2)CN1. The van der Waals surface area contributed by atoms with Crippen molar-refractivity contribution >= 4 is 23.2 Å². The monoisotopic (exact) mass is 315 g/mol. The van der Waals surface area contributed by atoms with Crippen molar-refractivity contribution < 1.29 is 14.7 Å². The largest absolute Gasteiger partial charge is 0.506 e. The summed E-state index contributed by atoms with van der Waals surface area (Å²) in [6.07, 6.45) is 6.67. The van der Waals surface area contributed by atoms with Crippen LogP contribution in [0.25, 0.3) is 0 Å². The van der Waals surface area contributed by atoms with E-state index in [0.29, 0.717) is 17.9 Å². The number of phenolic OH excluding ortho intramolecular Hbond substituents is 1. The van der Waals surface area contributed by atoms with Crippen LogP contribution in [0.3, 0.4) is 0 Å². The zero-order valence-corrected chi connectivity index (χ0v) is 12.9. The molecule has 4 N–H and O–H groups in total. The second kappa shape index (κ2) is 6.73.